The lowest BCUT2D eigenvalue weighted by molar-refractivity contribution is -0.138. The zero-order valence-electron chi connectivity index (χ0n) is 11.7. The Morgan fingerprint density at radius 2 is 1.94 bits per heavy atom. The van der Waals surface area contributed by atoms with Gasteiger partial charge < -0.3 is 10.6 Å². The third-order valence-corrected chi connectivity index (χ3v) is 5.02. The Balaban J connectivity index is 0.00000162. The zero-order valence-corrected chi connectivity index (χ0v) is 12.5. The van der Waals surface area contributed by atoms with Gasteiger partial charge in [0.2, 0.25) is 5.91 Å². The van der Waals surface area contributed by atoms with Gasteiger partial charge in [0.05, 0.1) is 5.92 Å². The van der Waals surface area contributed by atoms with E-state index >= 15 is 0 Å². The van der Waals surface area contributed by atoms with Crippen LogP contribution in [-0.4, -0.2) is 29.9 Å². The predicted molar refractivity (Wildman–Crippen MR) is 76.8 cm³/mol. The molecule has 0 aromatic carbocycles. The van der Waals surface area contributed by atoms with Crippen LogP contribution in [0.3, 0.4) is 0 Å². The molecule has 1 aliphatic carbocycles. The van der Waals surface area contributed by atoms with Crippen molar-refractivity contribution in [2.75, 3.05) is 13.1 Å². The molecule has 0 aromatic heterocycles. The first-order chi connectivity index (χ1) is 8.06. The number of likely N-dealkylation sites (tertiary alicyclic amines) is 1. The number of halogens is 1. The number of carbonyl (C=O) groups is 1. The van der Waals surface area contributed by atoms with E-state index in [4.69, 9.17) is 5.73 Å². The molecule has 3 nitrogen and oxygen atoms in total. The molecule has 1 saturated carbocycles. The molecule has 0 radical (unpaired) electrons. The summed E-state index contributed by atoms with van der Waals surface area (Å²) >= 11 is 0. The summed E-state index contributed by atoms with van der Waals surface area (Å²) in [6.45, 7) is 6.47. The van der Waals surface area contributed by atoms with Crippen molar-refractivity contribution in [2.45, 2.75) is 58.4 Å². The van der Waals surface area contributed by atoms with Crippen molar-refractivity contribution in [2.24, 2.45) is 17.1 Å². The lowest BCUT2D eigenvalue weighted by Gasteiger charge is -2.40. The van der Waals surface area contributed by atoms with Crippen molar-refractivity contribution >= 4 is 18.3 Å². The summed E-state index contributed by atoms with van der Waals surface area (Å²) in [7, 11) is 0. The number of nitrogens with zero attached hydrogens (tertiary/aromatic N) is 1. The van der Waals surface area contributed by atoms with Gasteiger partial charge >= 0.3 is 0 Å². The van der Waals surface area contributed by atoms with Crippen molar-refractivity contribution in [3.8, 4) is 0 Å². The third-order valence-electron chi connectivity index (χ3n) is 5.02. The van der Waals surface area contributed by atoms with Gasteiger partial charge in [0.15, 0.2) is 0 Å². The molecule has 2 unspecified atom stereocenters. The molecule has 0 spiro atoms. The molecule has 18 heavy (non-hydrogen) atoms. The third kappa shape index (κ3) is 3.18. The first kappa shape index (κ1) is 15.8. The van der Waals surface area contributed by atoms with Crippen LogP contribution < -0.4 is 5.73 Å². The van der Waals surface area contributed by atoms with Gasteiger partial charge in [-0.3, -0.25) is 4.79 Å². The highest BCUT2D eigenvalue weighted by Crippen LogP contribution is 2.35. The van der Waals surface area contributed by atoms with Crippen LogP contribution in [0.4, 0.5) is 0 Å². The average molecular weight is 275 g/mol. The van der Waals surface area contributed by atoms with Crippen molar-refractivity contribution in [1.82, 2.24) is 4.90 Å². The highest BCUT2D eigenvalue weighted by atomic mass is 35.5. The number of piperidine rings is 1. The van der Waals surface area contributed by atoms with Gasteiger partial charge in [0.1, 0.15) is 0 Å². The number of hydrogen-bond acceptors (Lipinski definition) is 2. The first-order valence-electron chi connectivity index (χ1n) is 7.10. The first-order valence-corrected chi connectivity index (χ1v) is 7.10. The van der Waals surface area contributed by atoms with Gasteiger partial charge in [-0.05, 0) is 31.1 Å². The Morgan fingerprint density at radius 3 is 2.39 bits per heavy atom. The van der Waals surface area contributed by atoms with Gasteiger partial charge in [-0.2, -0.15) is 0 Å². The second kappa shape index (κ2) is 6.25. The molecule has 0 bridgehead atoms. The van der Waals surface area contributed by atoms with E-state index in [1.54, 1.807) is 0 Å². The van der Waals surface area contributed by atoms with Crippen molar-refractivity contribution in [3.05, 3.63) is 0 Å². The molecule has 2 aliphatic rings. The SMILES string of the molecule is CCC1(C)CCN(C(=O)C2CCCC2N)CC1.Cl. The van der Waals surface area contributed by atoms with Gasteiger partial charge in [-0.25, -0.2) is 0 Å². The summed E-state index contributed by atoms with van der Waals surface area (Å²) in [6, 6.07) is 0.113. The number of hydrogen-bond donors (Lipinski definition) is 1. The highest BCUT2D eigenvalue weighted by molar-refractivity contribution is 5.85. The Bertz CT molecular complexity index is 288. The minimum atomic E-state index is 0. The topological polar surface area (TPSA) is 46.3 Å². The minimum Gasteiger partial charge on any atom is -0.342 e. The largest absolute Gasteiger partial charge is 0.342 e. The number of nitrogens with two attached hydrogens (primary N) is 1. The lowest BCUT2D eigenvalue weighted by atomic mass is 9.78. The van der Waals surface area contributed by atoms with Gasteiger partial charge in [0.25, 0.3) is 0 Å². The van der Waals surface area contributed by atoms with Crippen LogP contribution in [0.1, 0.15) is 52.4 Å². The van der Waals surface area contributed by atoms with Crippen molar-refractivity contribution in [3.63, 3.8) is 0 Å². The summed E-state index contributed by atoms with van der Waals surface area (Å²) in [4.78, 5) is 14.4. The van der Waals surface area contributed by atoms with Crippen LogP contribution in [0.5, 0.6) is 0 Å². The average Bonchev–Trinajstić information content (AvgIpc) is 2.76. The molecule has 1 amide bonds. The maximum atomic E-state index is 12.4. The molecule has 2 N–H and O–H groups in total. The monoisotopic (exact) mass is 274 g/mol. The molecule has 0 aromatic rings. The molecule has 1 saturated heterocycles. The molecule has 4 heteroatoms. The second-order valence-corrected chi connectivity index (χ2v) is 6.19. The molecular formula is C14H27ClN2O. The van der Waals surface area contributed by atoms with Gasteiger partial charge in [0, 0.05) is 19.1 Å². The van der Waals surface area contributed by atoms with E-state index in [0.29, 0.717) is 11.3 Å². The lowest BCUT2D eigenvalue weighted by Crippen LogP contribution is -2.47. The molecule has 106 valence electrons. The van der Waals surface area contributed by atoms with E-state index in [-0.39, 0.29) is 24.4 Å². The van der Waals surface area contributed by atoms with Gasteiger partial charge in [-0.1, -0.05) is 26.7 Å². The van der Waals surface area contributed by atoms with Crippen LogP contribution in [-0.2, 0) is 4.79 Å². The number of carbonyl (C=O) groups excluding carboxylic acids is 1. The highest BCUT2D eigenvalue weighted by Gasteiger charge is 2.36. The molecule has 2 fully saturated rings. The smallest absolute Gasteiger partial charge is 0.227 e. The van der Waals surface area contributed by atoms with Crippen LogP contribution in [0.15, 0.2) is 0 Å². The van der Waals surface area contributed by atoms with E-state index < -0.39 is 0 Å². The molecule has 2 atom stereocenters. The van der Waals surface area contributed by atoms with Crippen LogP contribution in [0, 0.1) is 11.3 Å². The summed E-state index contributed by atoms with van der Waals surface area (Å²) < 4.78 is 0. The van der Waals surface area contributed by atoms with Crippen LogP contribution >= 0.6 is 12.4 Å². The van der Waals surface area contributed by atoms with E-state index in [0.717, 1.165) is 45.2 Å². The fourth-order valence-electron chi connectivity index (χ4n) is 3.15. The normalized spacial score (nSPS) is 30.9. The zero-order chi connectivity index (χ0) is 12.5. The number of rotatable bonds is 2. The molecule has 2 rings (SSSR count). The van der Waals surface area contributed by atoms with E-state index in [1.807, 2.05) is 0 Å². The maximum absolute atomic E-state index is 12.4. The summed E-state index contributed by atoms with van der Waals surface area (Å²) in [5.74, 6) is 0.439. The predicted octanol–water partition coefficient (Wildman–Crippen LogP) is 2.57. The Kier molecular flexibility index (Phi) is 5.47. The summed E-state index contributed by atoms with van der Waals surface area (Å²) in [5.41, 5.74) is 6.47. The van der Waals surface area contributed by atoms with E-state index in [2.05, 4.69) is 18.7 Å². The second-order valence-electron chi connectivity index (χ2n) is 6.19. The van der Waals surface area contributed by atoms with E-state index in [9.17, 15) is 4.79 Å². The molecule has 1 aliphatic heterocycles. The van der Waals surface area contributed by atoms with Crippen LogP contribution in [0.25, 0.3) is 0 Å². The quantitative estimate of drug-likeness (QED) is 0.841. The Morgan fingerprint density at radius 1 is 1.33 bits per heavy atom. The summed E-state index contributed by atoms with van der Waals surface area (Å²) in [6.07, 6.45) is 6.67. The van der Waals surface area contributed by atoms with Gasteiger partial charge in [-0.15, -0.1) is 12.4 Å². The Labute approximate surface area is 117 Å². The fraction of sp³-hybridized carbons (Fsp3) is 0.929. The minimum absolute atomic E-state index is 0. The molecular weight excluding hydrogens is 248 g/mol. The standard InChI is InChI=1S/C14H26N2O.ClH/c1-3-14(2)7-9-16(10-8-14)13(17)11-5-4-6-12(11)15;/h11-12H,3-10,15H2,1-2H3;1H. The molecule has 1 heterocycles. The number of amides is 1. The summed E-state index contributed by atoms with van der Waals surface area (Å²) in [5, 5.41) is 0. The van der Waals surface area contributed by atoms with Crippen molar-refractivity contribution in [1.29, 1.82) is 0 Å². The maximum Gasteiger partial charge on any atom is 0.227 e. The van der Waals surface area contributed by atoms with Crippen LogP contribution in [0.2, 0.25) is 0 Å². The van der Waals surface area contributed by atoms with E-state index in [1.165, 1.54) is 6.42 Å². The Hall–Kier alpha value is -0.280. The van der Waals surface area contributed by atoms with Crippen molar-refractivity contribution < 1.29 is 4.79 Å². The fourth-order valence-corrected chi connectivity index (χ4v) is 3.15.